The highest BCUT2D eigenvalue weighted by Crippen LogP contribution is 2.66. The molecule has 12 atom stereocenters. The van der Waals surface area contributed by atoms with Crippen LogP contribution in [0.4, 0.5) is 0 Å². The van der Waals surface area contributed by atoms with Crippen LogP contribution in [-0.4, -0.2) is 64.7 Å². The SMILES string of the molecule is C=CC1CCC2C3CC=C4CC(OC5OC(COC(C)=O)C(O)C(O)C5O)CCC4(C)C3CCC12C. The average molecular weight is 505 g/mol. The van der Waals surface area contributed by atoms with Crippen LogP contribution in [0.5, 0.6) is 0 Å². The van der Waals surface area contributed by atoms with Gasteiger partial charge < -0.3 is 29.5 Å². The van der Waals surface area contributed by atoms with Gasteiger partial charge in [-0.15, -0.1) is 6.58 Å². The van der Waals surface area contributed by atoms with Crippen molar-refractivity contribution in [1.82, 2.24) is 0 Å². The van der Waals surface area contributed by atoms with Crippen LogP contribution in [0.15, 0.2) is 24.3 Å². The predicted molar refractivity (Wildman–Crippen MR) is 134 cm³/mol. The van der Waals surface area contributed by atoms with Crippen LogP contribution in [-0.2, 0) is 19.0 Å². The first-order valence-corrected chi connectivity index (χ1v) is 13.9. The molecule has 3 N–H and O–H groups in total. The minimum absolute atomic E-state index is 0.136. The van der Waals surface area contributed by atoms with E-state index >= 15 is 0 Å². The molecular weight excluding hydrogens is 460 g/mol. The quantitative estimate of drug-likeness (QED) is 0.389. The highest BCUT2D eigenvalue weighted by atomic mass is 16.7. The van der Waals surface area contributed by atoms with Crippen molar-refractivity contribution in [3.8, 4) is 0 Å². The summed E-state index contributed by atoms with van der Waals surface area (Å²) >= 11 is 0. The van der Waals surface area contributed by atoms with Crippen LogP contribution in [0, 0.1) is 34.5 Å². The molecule has 0 spiro atoms. The minimum atomic E-state index is -1.44. The number of aliphatic hydroxyl groups excluding tert-OH is 3. The van der Waals surface area contributed by atoms with E-state index in [1.807, 2.05) is 0 Å². The zero-order chi connectivity index (χ0) is 25.8. The maximum absolute atomic E-state index is 11.2. The highest BCUT2D eigenvalue weighted by Gasteiger charge is 2.58. The van der Waals surface area contributed by atoms with Crippen molar-refractivity contribution in [3.05, 3.63) is 24.3 Å². The minimum Gasteiger partial charge on any atom is -0.463 e. The summed E-state index contributed by atoms with van der Waals surface area (Å²) in [6.07, 6.45) is 7.30. The Labute approximate surface area is 214 Å². The summed E-state index contributed by atoms with van der Waals surface area (Å²) in [6, 6.07) is 0. The summed E-state index contributed by atoms with van der Waals surface area (Å²) < 4.78 is 17.0. The molecule has 12 unspecified atom stereocenters. The molecule has 1 saturated heterocycles. The van der Waals surface area contributed by atoms with Gasteiger partial charge >= 0.3 is 5.97 Å². The number of carbonyl (C=O) groups excluding carboxylic acids is 1. The smallest absolute Gasteiger partial charge is 0.302 e. The van der Waals surface area contributed by atoms with E-state index in [1.165, 1.54) is 38.2 Å². The van der Waals surface area contributed by atoms with Crippen LogP contribution in [0.3, 0.4) is 0 Å². The van der Waals surface area contributed by atoms with E-state index < -0.39 is 36.7 Å². The third-order valence-corrected chi connectivity index (χ3v) is 10.9. The molecule has 0 amide bonds. The topological polar surface area (TPSA) is 105 Å². The average Bonchev–Trinajstić information content (AvgIpc) is 3.20. The Kier molecular flexibility index (Phi) is 7.18. The fraction of sp³-hybridized carbons (Fsp3) is 0.828. The summed E-state index contributed by atoms with van der Waals surface area (Å²) in [7, 11) is 0. The summed E-state index contributed by atoms with van der Waals surface area (Å²) in [6.45, 7) is 10.2. The van der Waals surface area contributed by atoms with Crippen LogP contribution >= 0.6 is 0 Å². The molecule has 7 nitrogen and oxygen atoms in total. The summed E-state index contributed by atoms with van der Waals surface area (Å²) in [5, 5.41) is 31.1. The first-order valence-electron chi connectivity index (χ1n) is 13.9. The van der Waals surface area contributed by atoms with Gasteiger partial charge in [0.05, 0.1) is 6.10 Å². The Bertz CT molecular complexity index is 887. The molecule has 1 aliphatic heterocycles. The van der Waals surface area contributed by atoms with Crippen LogP contribution < -0.4 is 0 Å². The zero-order valence-electron chi connectivity index (χ0n) is 22.0. The lowest BCUT2D eigenvalue weighted by Gasteiger charge is -2.58. The van der Waals surface area contributed by atoms with Crippen molar-refractivity contribution in [2.75, 3.05) is 6.61 Å². The third kappa shape index (κ3) is 4.29. The lowest BCUT2D eigenvalue weighted by molar-refractivity contribution is -0.313. The monoisotopic (exact) mass is 504 g/mol. The van der Waals surface area contributed by atoms with Crippen LogP contribution in [0.2, 0.25) is 0 Å². The molecule has 0 aromatic rings. The molecule has 1 heterocycles. The molecule has 5 aliphatic rings. The van der Waals surface area contributed by atoms with E-state index in [2.05, 4.69) is 32.6 Å². The molecule has 3 saturated carbocycles. The third-order valence-electron chi connectivity index (χ3n) is 10.9. The van der Waals surface area contributed by atoms with Crippen LogP contribution in [0.25, 0.3) is 0 Å². The summed E-state index contributed by atoms with van der Waals surface area (Å²) in [4.78, 5) is 11.2. The van der Waals surface area contributed by atoms with Gasteiger partial charge in [0.2, 0.25) is 0 Å². The first kappa shape index (κ1) is 26.4. The van der Waals surface area contributed by atoms with E-state index in [9.17, 15) is 20.1 Å². The van der Waals surface area contributed by atoms with Crippen molar-refractivity contribution in [2.45, 2.75) is 109 Å². The van der Waals surface area contributed by atoms with E-state index in [1.54, 1.807) is 0 Å². The Morgan fingerprint density at radius 3 is 2.61 bits per heavy atom. The Morgan fingerprint density at radius 1 is 1.11 bits per heavy atom. The van der Waals surface area contributed by atoms with E-state index in [-0.39, 0.29) is 18.1 Å². The number of aliphatic hydroxyl groups is 3. The maximum atomic E-state index is 11.2. The van der Waals surface area contributed by atoms with Gasteiger partial charge in [-0.3, -0.25) is 4.79 Å². The number of rotatable bonds is 5. The number of esters is 1. The zero-order valence-corrected chi connectivity index (χ0v) is 22.0. The van der Waals surface area contributed by atoms with Gasteiger partial charge in [0.1, 0.15) is 31.0 Å². The molecule has 4 fully saturated rings. The normalized spacial score (nSPS) is 50.3. The van der Waals surface area contributed by atoms with Gasteiger partial charge in [-0.05, 0) is 85.9 Å². The number of ether oxygens (including phenoxy) is 3. The molecule has 0 aromatic carbocycles. The largest absolute Gasteiger partial charge is 0.463 e. The number of hydrogen-bond acceptors (Lipinski definition) is 7. The molecule has 0 bridgehead atoms. The lowest BCUT2D eigenvalue weighted by Crippen LogP contribution is -2.60. The summed E-state index contributed by atoms with van der Waals surface area (Å²) in [5.41, 5.74) is 2.04. The highest BCUT2D eigenvalue weighted by molar-refractivity contribution is 5.65. The molecule has 202 valence electrons. The molecule has 7 heteroatoms. The standard InChI is InChI=1S/C29H44O7/c1-5-17-7-9-21-20-8-6-18-14-19(10-12-29(18,4)22(20)11-13-28(17,21)3)35-27-26(33)25(32)24(31)23(36-27)15-34-16(2)30/h5-6,17,19-27,31-33H,1,7-15H2,2-4H3. The Balaban J connectivity index is 1.26. The fourth-order valence-corrected chi connectivity index (χ4v) is 8.73. The number of hydrogen-bond donors (Lipinski definition) is 3. The second-order valence-corrected chi connectivity index (χ2v) is 12.5. The van der Waals surface area contributed by atoms with E-state index in [4.69, 9.17) is 14.2 Å². The molecule has 4 aliphatic carbocycles. The van der Waals surface area contributed by atoms with Gasteiger partial charge in [0.15, 0.2) is 6.29 Å². The van der Waals surface area contributed by atoms with Crippen molar-refractivity contribution < 1.29 is 34.3 Å². The maximum Gasteiger partial charge on any atom is 0.302 e. The molecule has 0 radical (unpaired) electrons. The Hall–Kier alpha value is -1.25. The second-order valence-electron chi connectivity index (χ2n) is 12.5. The van der Waals surface area contributed by atoms with Gasteiger partial charge in [0, 0.05) is 6.92 Å². The van der Waals surface area contributed by atoms with Gasteiger partial charge in [-0.2, -0.15) is 0 Å². The molecule has 36 heavy (non-hydrogen) atoms. The fourth-order valence-electron chi connectivity index (χ4n) is 8.73. The van der Waals surface area contributed by atoms with Gasteiger partial charge in [-0.25, -0.2) is 0 Å². The van der Waals surface area contributed by atoms with Crippen molar-refractivity contribution in [2.24, 2.45) is 34.5 Å². The van der Waals surface area contributed by atoms with Gasteiger partial charge in [-0.1, -0.05) is 31.6 Å². The predicted octanol–water partition coefficient (Wildman–Crippen LogP) is 3.51. The molecular formula is C29H44O7. The number of fused-ring (bicyclic) bond motifs is 5. The van der Waals surface area contributed by atoms with E-state index in [0.29, 0.717) is 17.3 Å². The lowest BCUT2D eigenvalue weighted by atomic mass is 9.47. The van der Waals surface area contributed by atoms with Gasteiger partial charge in [0.25, 0.3) is 0 Å². The van der Waals surface area contributed by atoms with Crippen molar-refractivity contribution >= 4 is 5.97 Å². The summed E-state index contributed by atoms with van der Waals surface area (Å²) in [5.74, 6) is 2.35. The van der Waals surface area contributed by atoms with E-state index in [0.717, 1.165) is 37.5 Å². The van der Waals surface area contributed by atoms with Crippen molar-refractivity contribution in [3.63, 3.8) is 0 Å². The molecule has 5 rings (SSSR count). The Morgan fingerprint density at radius 2 is 1.89 bits per heavy atom. The molecule has 0 aromatic heterocycles. The number of carbonyl (C=O) groups is 1. The van der Waals surface area contributed by atoms with Crippen LogP contribution in [0.1, 0.15) is 72.1 Å². The number of allylic oxidation sites excluding steroid dienone is 2. The second kappa shape index (κ2) is 9.81. The first-order chi connectivity index (χ1) is 17.1. The van der Waals surface area contributed by atoms with Crippen molar-refractivity contribution in [1.29, 1.82) is 0 Å².